The molecule has 216 valence electrons. The molecule has 0 saturated heterocycles. The number of aryl methyl sites for hydroxylation is 1. The van der Waals surface area contributed by atoms with Gasteiger partial charge in [-0.05, 0) is 97.8 Å². The summed E-state index contributed by atoms with van der Waals surface area (Å²) in [7, 11) is 1.86. The van der Waals surface area contributed by atoms with Crippen LogP contribution in [-0.4, -0.2) is 31.1 Å². The number of carbonyl (C=O) groups excluding carboxylic acids is 2. The Kier molecular flexibility index (Phi) is 8.68. The molecule has 2 N–H and O–H groups in total. The Morgan fingerprint density at radius 2 is 1.76 bits per heavy atom. The second-order valence-electron chi connectivity index (χ2n) is 10.9. The number of amides is 2. The number of aromatic nitrogens is 4. The summed E-state index contributed by atoms with van der Waals surface area (Å²) >= 11 is 6.57. The minimum Gasteiger partial charge on any atom is -0.321 e. The minimum atomic E-state index is -0.474. The van der Waals surface area contributed by atoms with Gasteiger partial charge in [0.15, 0.2) is 5.82 Å². The maximum atomic E-state index is 13.5. The first-order valence-electron chi connectivity index (χ1n) is 14.0. The number of halogens is 1. The van der Waals surface area contributed by atoms with E-state index < -0.39 is 5.91 Å². The molecule has 5 rings (SSSR count). The van der Waals surface area contributed by atoms with Crippen molar-refractivity contribution < 1.29 is 9.59 Å². The fraction of sp³-hybridized carbons (Fsp3) is 0.281. The maximum absolute atomic E-state index is 13.5. The van der Waals surface area contributed by atoms with Crippen molar-refractivity contribution >= 4 is 35.2 Å². The number of nitrogens with zero attached hydrogens (tertiary/aromatic N) is 4. The number of benzene rings is 2. The highest BCUT2D eigenvalue weighted by atomic mass is 35.5. The summed E-state index contributed by atoms with van der Waals surface area (Å²) in [5.41, 5.74) is 3.62. The van der Waals surface area contributed by atoms with Gasteiger partial charge in [0.05, 0.1) is 0 Å². The monoisotopic (exact) mass is 584 g/mol. The second-order valence-corrected chi connectivity index (χ2v) is 11.3. The fourth-order valence-electron chi connectivity index (χ4n) is 4.83. The molecular weight excluding hydrogens is 552 g/mol. The average Bonchev–Trinajstić information content (AvgIpc) is 3.37. The lowest BCUT2D eigenvalue weighted by Gasteiger charge is -2.24. The highest BCUT2D eigenvalue weighted by Crippen LogP contribution is 2.30. The van der Waals surface area contributed by atoms with Crippen LogP contribution in [0.15, 0.2) is 77.6 Å². The van der Waals surface area contributed by atoms with Gasteiger partial charge in [-0.3, -0.25) is 14.4 Å². The molecule has 0 spiro atoms. The molecule has 10 heteroatoms. The normalized spacial score (nSPS) is 13.6. The highest BCUT2D eigenvalue weighted by Gasteiger charge is 2.23. The molecule has 42 heavy (non-hydrogen) atoms. The molecule has 2 amide bonds. The van der Waals surface area contributed by atoms with Crippen LogP contribution in [0.25, 0.3) is 28.6 Å². The third kappa shape index (κ3) is 6.69. The van der Waals surface area contributed by atoms with Crippen molar-refractivity contribution in [2.24, 2.45) is 13.0 Å². The Morgan fingerprint density at radius 1 is 1.05 bits per heavy atom. The molecule has 0 atom stereocenters. The van der Waals surface area contributed by atoms with E-state index in [1.165, 1.54) is 6.07 Å². The molecule has 9 nitrogen and oxygen atoms in total. The van der Waals surface area contributed by atoms with Crippen LogP contribution in [0.3, 0.4) is 0 Å². The summed E-state index contributed by atoms with van der Waals surface area (Å²) in [4.78, 5) is 38.7. The summed E-state index contributed by atoms with van der Waals surface area (Å²) in [6.07, 6.45) is 8.54. The van der Waals surface area contributed by atoms with Crippen molar-refractivity contribution in [2.45, 2.75) is 45.6 Å². The van der Waals surface area contributed by atoms with Crippen LogP contribution in [0.1, 0.15) is 51.1 Å². The summed E-state index contributed by atoms with van der Waals surface area (Å²) in [6.45, 7) is 3.89. The zero-order chi connectivity index (χ0) is 29.8. The quantitative estimate of drug-likeness (QED) is 0.240. The molecule has 0 bridgehead atoms. The van der Waals surface area contributed by atoms with Crippen molar-refractivity contribution in [3.05, 3.63) is 93.8 Å². The van der Waals surface area contributed by atoms with Crippen molar-refractivity contribution in [2.75, 3.05) is 5.32 Å². The smallest absolute Gasteiger partial charge is 0.272 e. The number of hydrogen-bond acceptors (Lipinski definition) is 5. The van der Waals surface area contributed by atoms with E-state index in [9.17, 15) is 14.4 Å². The van der Waals surface area contributed by atoms with Gasteiger partial charge in [0.1, 0.15) is 12.0 Å². The molecule has 1 aliphatic carbocycles. The second kappa shape index (κ2) is 12.6. The number of pyridine rings is 1. The van der Waals surface area contributed by atoms with Crippen LogP contribution < -0.4 is 16.2 Å². The number of rotatable bonds is 9. The molecular formula is C32H33ClN6O3. The molecule has 2 heterocycles. The maximum Gasteiger partial charge on any atom is 0.272 e. The van der Waals surface area contributed by atoms with Gasteiger partial charge in [0.2, 0.25) is 5.91 Å². The first kappa shape index (κ1) is 29.0. The predicted molar refractivity (Wildman–Crippen MR) is 165 cm³/mol. The number of anilines is 1. The average molecular weight is 585 g/mol. The first-order chi connectivity index (χ1) is 20.2. The molecule has 1 saturated carbocycles. The Labute approximate surface area is 249 Å². The first-order valence-corrected chi connectivity index (χ1v) is 14.3. The Hall–Kier alpha value is -4.50. The molecule has 2 aromatic carbocycles. The van der Waals surface area contributed by atoms with Crippen LogP contribution in [0.4, 0.5) is 5.69 Å². The molecule has 2 aromatic heterocycles. The molecule has 0 aliphatic heterocycles. The highest BCUT2D eigenvalue weighted by molar-refractivity contribution is 6.32. The van der Waals surface area contributed by atoms with Gasteiger partial charge >= 0.3 is 0 Å². The summed E-state index contributed by atoms with van der Waals surface area (Å²) < 4.78 is 3.47. The summed E-state index contributed by atoms with van der Waals surface area (Å²) in [6, 6.07) is 16.0. The van der Waals surface area contributed by atoms with E-state index in [-0.39, 0.29) is 23.2 Å². The third-order valence-corrected chi connectivity index (χ3v) is 7.80. The lowest BCUT2D eigenvalue weighted by atomic mass is 9.83. The van der Waals surface area contributed by atoms with E-state index in [0.717, 1.165) is 36.0 Å². The van der Waals surface area contributed by atoms with Crippen LogP contribution >= 0.6 is 11.6 Å². The number of hydrogen-bond donors (Lipinski definition) is 2. The van der Waals surface area contributed by atoms with Crippen LogP contribution in [-0.2, 0) is 16.6 Å². The Morgan fingerprint density at radius 3 is 2.40 bits per heavy atom. The molecule has 1 aliphatic rings. The lowest BCUT2D eigenvalue weighted by Crippen LogP contribution is -2.32. The lowest BCUT2D eigenvalue weighted by molar-refractivity contribution is -0.123. The van der Waals surface area contributed by atoms with Crippen LogP contribution in [0, 0.1) is 5.92 Å². The van der Waals surface area contributed by atoms with Crippen molar-refractivity contribution in [3.8, 4) is 22.5 Å². The molecule has 0 unspecified atom stereocenters. The van der Waals surface area contributed by atoms with Crippen LogP contribution in [0.5, 0.6) is 0 Å². The molecule has 1 fully saturated rings. The van der Waals surface area contributed by atoms with E-state index in [4.69, 9.17) is 11.6 Å². The van der Waals surface area contributed by atoms with Gasteiger partial charge in [0, 0.05) is 48.0 Å². The zero-order valence-corrected chi connectivity index (χ0v) is 24.6. The molecule has 4 aromatic rings. The standard InChI is InChI=1S/C32H33ClN6O3/c1-20(2)39-18-24(10-14-30(39)41)23-9-13-27(33)25(16-23)17-28(36-29(40)15-21-5-4-6-21)32(42)35-26-11-7-22(8-12-26)31-37-34-19-38(31)3/h7-14,16-21H,4-6,15H2,1-3H3,(H,35,42)(H,36,40). The van der Waals surface area contributed by atoms with E-state index in [1.807, 2.05) is 51.4 Å². The van der Waals surface area contributed by atoms with Crippen molar-refractivity contribution in [1.82, 2.24) is 24.6 Å². The summed E-state index contributed by atoms with van der Waals surface area (Å²) in [5.74, 6) is 0.356. The van der Waals surface area contributed by atoms with E-state index in [1.54, 1.807) is 45.8 Å². The van der Waals surface area contributed by atoms with Gasteiger partial charge in [-0.1, -0.05) is 24.1 Å². The third-order valence-electron chi connectivity index (χ3n) is 7.45. The van der Waals surface area contributed by atoms with Gasteiger partial charge in [-0.2, -0.15) is 0 Å². The predicted octanol–water partition coefficient (Wildman–Crippen LogP) is 5.83. The number of nitrogens with one attached hydrogen (secondary N) is 2. The van der Waals surface area contributed by atoms with Crippen molar-refractivity contribution in [1.29, 1.82) is 0 Å². The van der Waals surface area contributed by atoms with E-state index in [0.29, 0.717) is 34.4 Å². The SMILES string of the molecule is CC(C)n1cc(-c2ccc(Cl)c(C=C(NC(=O)CC3CCC3)C(=O)Nc3ccc(-c4nncn4C)cc3)c2)ccc1=O. The zero-order valence-electron chi connectivity index (χ0n) is 23.8. The van der Waals surface area contributed by atoms with Gasteiger partial charge in [-0.15, -0.1) is 10.2 Å². The Bertz CT molecular complexity index is 1700. The minimum absolute atomic E-state index is 0.000226. The molecule has 0 radical (unpaired) electrons. The van der Waals surface area contributed by atoms with Crippen molar-refractivity contribution in [3.63, 3.8) is 0 Å². The van der Waals surface area contributed by atoms with Gasteiger partial charge in [-0.25, -0.2) is 0 Å². The van der Waals surface area contributed by atoms with Gasteiger partial charge in [0.25, 0.3) is 11.5 Å². The van der Waals surface area contributed by atoms with Crippen LogP contribution in [0.2, 0.25) is 5.02 Å². The topological polar surface area (TPSA) is 111 Å². The van der Waals surface area contributed by atoms with E-state index >= 15 is 0 Å². The summed E-state index contributed by atoms with van der Waals surface area (Å²) in [5, 5.41) is 14.2. The largest absolute Gasteiger partial charge is 0.321 e. The number of carbonyl (C=O) groups is 2. The fourth-order valence-corrected chi connectivity index (χ4v) is 5.00. The Balaban J connectivity index is 1.44. The van der Waals surface area contributed by atoms with E-state index in [2.05, 4.69) is 20.8 Å². The van der Waals surface area contributed by atoms with Gasteiger partial charge < -0.3 is 19.8 Å².